The van der Waals surface area contributed by atoms with Crippen molar-refractivity contribution in [3.63, 3.8) is 0 Å². The smallest absolute Gasteiger partial charge is 0.257 e. The minimum Gasteiger partial charge on any atom is -0.343 e. The van der Waals surface area contributed by atoms with Gasteiger partial charge in [-0.2, -0.15) is 0 Å². The van der Waals surface area contributed by atoms with E-state index >= 15 is 0 Å². The van der Waals surface area contributed by atoms with Gasteiger partial charge in [-0.3, -0.25) is 9.59 Å². The highest BCUT2D eigenvalue weighted by Gasteiger charge is 2.27. The van der Waals surface area contributed by atoms with Gasteiger partial charge >= 0.3 is 0 Å². The summed E-state index contributed by atoms with van der Waals surface area (Å²) in [7, 11) is -3.82. The molecule has 3 aromatic rings. The number of likely N-dealkylation sites (tertiary alicyclic amines) is 1. The average molecular weight is 500 g/mol. The third kappa shape index (κ3) is 5.09. The van der Waals surface area contributed by atoms with Crippen LogP contribution >= 0.6 is 11.6 Å². The van der Waals surface area contributed by atoms with Gasteiger partial charge in [0, 0.05) is 42.0 Å². The van der Waals surface area contributed by atoms with Crippen molar-refractivity contribution in [3.05, 3.63) is 71.2 Å². The number of piperidine rings is 1. The number of carbonyl (C=O) groups is 2. The van der Waals surface area contributed by atoms with E-state index in [0.717, 1.165) is 0 Å². The SMILES string of the molecule is CCC(=O)N1CCC(NS(=O)(=O)c2ccc(NC(=O)c3ccccc3Cl)c3ccccc23)CC1. The van der Waals surface area contributed by atoms with Gasteiger partial charge in [0.1, 0.15) is 0 Å². The van der Waals surface area contributed by atoms with E-state index in [1.807, 2.05) is 6.92 Å². The molecule has 3 aromatic carbocycles. The molecular formula is C25H26ClN3O4S. The molecule has 0 unspecified atom stereocenters. The van der Waals surface area contributed by atoms with Crippen molar-refractivity contribution in [3.8, 4) is 0 Å². The Bertz CT molecular complexity index is 1330. The molecule has 1 fully saturated rings. The largest absolute Gasteiger partial charge is 0.343 e. The lowest BCUT2D eigenvalue weighted by Gasteiger charge is -2.32. The second-order valence-electron chi connectivity index (χ2n) is 8.22. The zero-order valence-electron chi connectivity index (χ0n) is 18.8. The topological polar surface area (TPSA) is 95.6 Å². The molecule has 34 heavy (non-hydrogen) atoms. The van der Waals surface area contributed by atoms with Crippen molar-refractivity contribution in [2.75, 3.05) is 18.4 Å². The van der Waals surface area contributed by atoms with E-state index in [1.54, 1.807) is 59.5 Å². The van der Waals surface area contributed by atoms with E-state index in [-0.39, 0.29) is 22.8 Å². The molecule has 4 rings (SSSR count). The van der Waals surface area contributed by atoms with Crippen molar-refractivity contribution in [1.29, 1.82) is 0 Å². The van der Waals surface area contributed by atoms with Gasteiger partial charge in [-0.15, -0.1) is 0 Å². The first-order valence-corrected chi connectivity index (χ1v) is 13.0. The lowest BCUT2D eigenvalue weighted by molar-refractivity contribution is -0.131. The predicted molar refractivity (Wildman–Crippen MR) is 134 cm³/mol. The average Bonchev–Trinajstić information content (AvgIpc) is 2.84. The van der Waals surface area contributed by atoms with Crippen LogP contribution in [0.2, 0.25) is 5.02 Å². The van der Waals surface area contributed by atoms with Gasteiger partial charge in [0.25, 0.3) is 5.91 Å². The Kier molecular flexibility index (Phi) is 7.21. The van der Waals surface area contributed by atoms with Gasteiger partial charge in [0.2, 0.25) is 15.9 Å². The molecule has 2 N–H and O–H groups in total. The highest BCUT2D eigenvalue weighted by molar-refractivity contribution is 7.89. The van der Waals surface area contributed by atoms with Crippen LogP contribution in [0.5, 0.6) is 0 Å². The summed E-state index contributed by atoms with van der Waals surface area (Å²) in [6.07, 6.45) is 1.57. The molecule has 0 bridgehead atoms. The number of sulfonamides is 1. The minimum atomic E-state index is -3.82. The molecule has 0 saturated carbocycles. The Hall–Kier alpha value is -2.94. The molecule has 1 heterocycles. The van der Waals surface area contributed by atoms with Crippen molar-refractivity contribution in [2.24, 2.45) is 0 Å². The summed E-state index contributed by atoms with van der Waals surface area (Å²) in [5.74, 6) is -0.292. The molecular weight excluding hydrogens is 474 g/mol. The van der Waals surface area contributed by atoms with E-state index in [0.29, 0.717) is 59.4 Å². The maximum atomic E-state index is 13.3. The molecule has 9 heteroatoms. The molecule has 0 aliphatic carbocycles. The van der Waals surface area contributed by atoms with Crippen LogP contribution in [0.25, 0.3) is 10.8 Å². The first kappa shape index (κ1) is 24.2. The minimum absolute atomic E-state index is 0.0849. The number of rotatable bonds is 6. The molecule has 7 nitrogen and oxygen atoms in total. The molecule has 1 saturated heterocycles. The number of amides is 2. The molecule has 178 valence electrons. The quantitative estimate of drug-likeness (QED) is 0.524. The van der Waals surface area contributed by atoms with Crippen LogP contribution in [0.1, 0.15) is 36.5 Å². The second-order valence-corrected chi connectivity index (χ2v) is 10.3. The fourth-order valence-corrected chi connectivity index (χ4v) is 5.94. The molecule has 1 aliphatic heterocycles. The van der Waals surface area contributed by atoms with Gasteiger partial charge < -0.3 is 10.2 Å². The first-order chi connectivity index (χ1) is 16.3. The number of benzene rings is 3. The molecule has 2 amide bonds. The highest BCUT2D eigenvalue weighted by Crippen LogP contribution is 2.31. The summed E-state index contributed by atoms with van der Waals surface area (Å²) >= 11 is 6.15. The summed E-state index contributed by atoms with van der Waals surface area (Å²) in [5, 5.41) is 4.29. The van der Waals surface area contributed by atoms with Crippen LogP contribution in [0, 0.1) is 0 Å². The number of fused-ring (bicyclic) bond motifs is 1. The number of nitrogens with zero attached hydrogens (tertiary/aromatic N) is 1. The van der Waals surface area contributed by atoms with E-state index < -0.39 is 10.0 Å². The van der Waals surface area contributed by atoms with Crippen molar-refractivity contribution >= 4 is 49.9 Å². The van der Waals surface area contributed by atoms with Crippen LogP contribution in [-0.2, 0) is 14.8 Å². The number of nitrogens with one attached hydrogen (secondary N) is 2. The number of anilines is 1. The lowest BCUT2D eigenvalue weighted by Crippen LogP contribution is -2.46. The maximum absolute atomic E-state index is 13.3. The van der Waals surface area contributed by atoms with Gasteiger partial charge in [-0.1, -0.05) is 54.9 Å². The van der Waals surface area contributed by atoms with Crippen LogP contribution in [-0.4, -0.2) is 44.3 Å². The number of hydrogen-bond acceptors (Lipinski definition) is 4. The fourth-order valence-electron chi connectivity index (χ4n) is 4.20. The summed E-state index contributed by atoms with van der Waals surface area (Å²) in [6.45, 7) is 2.89. The lowest BCUT2D eigenvalue weighted by atomic mass is 10.1. The monoisotopic (exact) mass is 499 g/mol. The first-order valence-electron chi connectivity index (χ1n) is 11.2. The molecule has 0 aromatic heterocycles. The van der Waals surface area contributed by atoms with Crippen molar-refractivity contribution in [2.45, 2.75) is 37.1 Å². The van der Waals surface area contributed by atoms with E-state index in [2.05, 4.69) is 10.0 Å². The molecule has 0 spiro atoms. The summed E-state index contributed by atoms with van der Waals surface area (Å²) in [6, 6.07) is 16.6. The summed E-state index contributed by atoms with van der Waals surface area (Å²) in [4.78, 5) is 26.6. The maximum Gasteiger partial charge on any atom is 0.257 e. The molecule has 1 aliphatic rings. The third-order valence-electron chi connectivity index (χ3n) is 6.01. The van der Waals surface area contributed by atoms with E-state index in [1.165, 1.54) is 6.07 Å². The third-order valence-corrected chi connectivity index (χ3v) is 7.92. The predicted octanol–water partition coefficient (Wildman–Crippen LogP) is 4.42. The van der Waals surface area contributed by atoms with Crippen LogP contribution < -0.4 is 10.0 Å². The van der Waals surface area contributed by atoms with Gasteiger partial charge in [-0.25, -0.2) is 13.1 Å². The Labute approximate surface area is 204 Å². The fraction of sp³-hybridized carbons (Fsp3) is 0.280. The van der Waals surface area contributed by atoms with Crippen LogP contribution in [0.15, 0.2) is 65.6 Å². The van der Waals surface area contributed by atoms with Crippen molar-refractivity contribution in [1.82, 2.24) is 9.62 Å². The molecule has 0 atom stereocenters. The standard InChI is InChI=1S/C25H26ClN3O4S/c1-2-24(30)29-15-13-17(14-16-29)28-34(32,33)23-12-11-22(18-7-3-4-8-19(18)23)27-25(31)20-9-5-6-10-21(20)26/h3-12,17,28H,2,13-16H2,1H3,(H,27,31). The van der Waals surface area contributed by atoms with Crippen LogP contribution in [0.3, 0.4) is 0 Å². The zero-order valence-corrected chi connectivity index (χ0v) is 20.3. The highest BCUT2D eigenvalue weighted by atomic mass is 35.5. The Morgan fingerprint density at radius 3 is 2.29 bits per heavy atom. The normalized spacial score (nSPS) is 14.8. The van der Waals surface area contributed by atoms with Crippen LogP contribution in [0.4, 0.5) is 5.69 Å². The summed E-state index contributed by atoms with van der Waals surface area (Å²) < 4.78 is 29.4. The summed E-state index contributed by atoms with van der Waals surface area (Å²) in [5.41, 5.74) is 0.824. The van der Waals surface area contributed by atoms with Gasteiger partial charge in [-0.05, 0) is 37.1 Å². The zero-order chi connectivity index (χ0) is 24.3. The van der Waals surface area contributed by atoms with Gasteiger partial charge in [0.15, 0.2) is 0 Å². The number of hydrogen-bond donors (Lipinski definition) is 2. The van der Waals surface area contributed by atoms with E-state index in [9.17, 15) is 18.0 Å². The molecule has 0 radical (unpaired) electrons. The Balaban J connectivity index is 1.58. The number of halogens is 1. The van der Waals surface area contributed by atoms with Gasteiger partial charge in [0.05, 0.1) is 15.5 Å². The van der Waals surface area contributed by atoms with E-state index in [4.69, 9.17) is 11.6 Å². The Morgan fingerprint density at radius 2 is 1.62 bits per heavy atom. The Morgan fingerprint density at radius 1 is 0.971 bits per heavy atom. The number of carbonyl (C=O) groups excluding carboxylic acids is 2. The second kappa shape index (κ2) is 10.1. The van der Waals surface area contributed by atoms with Crippen molar-refractivity contribution < 1.29 is 18.0 Å².